The normalized spacial score (nSPS) is 14.6. The summed E-state index contributed by atoms with van der Waals surface area (Å²) >= 11 is 0. The Morgan fingerprint density at radius 1 is 0.324 bits per heavy atom. The Labute approximate surface area is 613 Å². The lowest BCUT2D eigenvalue weighted by Gasteiger charge is -2.26. The fourth-order valence-corrected chi connectivity index (χ4v) is 12.7. The first-order chi connectivity index (χ1) is 53.0. The van der Waals surface area contributed by atoms with Crippen LogP contribution in [0.25, 0.3) is 33.1 Å². The highest BCUT2D eigenvalue weighted by Crippen LogP contribution is 2.42. The fourth-order valence-electron chi connectivity index (χ4n) is 12.7. The lowest BCUT2D eigenvalue weighted by molar-refractivity contribution is -0.131. The van der Waals surface area contributed by atoms with Crippen LogP contribution in [0.15, 0.2) is 307 Å². The van der Waals surface area contributed by atoms with Gasteiger partial charge in [-0.3, -0.25) is 94.9 Å². The molecule has 3 aliphatic rings. The number of nitrogens with zero attached hydrogens (tertiary/aromatic N) is 16. The van der Waals surface area contributed by atoms with E-state index in [9.17, 15) is 14.4 Å². The number of guanidine groups is 3. The Kier molecular flexibility index (Phi) is 18.1. The average molecular weight is 1420 g/mol. The summed E-state index contributed by atoms with van der Waals surface area (Å²) in [4.78, 5) is 143. The zero-order valence-electron chi connectivity index (χ0n) is 56.8. The number of anilines is 3. The van der Waals surface area contributed by atoms with Gasteiger partial charge in [0.25, 0.3) is 29.3 Å². The fraction of sp³-hybridized carbons (Fsp3) is 0.0625. The zero-order chi connectivity index (χ0) is 73.4. The minimum atomic E-state index is -1.58. The predicted molar refractivity (Wildman–Crippen MR) is 402 cm³/mol. The second-order valence-electron chi connectivity index (χ2n) is 24.6. The molecule has 524 valence electrons. The summed E-state index contributed by atoms with van der Waals surface area (Å²) in [6, 6.07) is 72.8. The Morgan fingerprint density at radius 2 is 0.620 bits per heavy atom. The van der Waals surface area contributed by atoms with Crippen molar-refractivity contribution < 1.29 is 24.0 Å². The van der Waals surface area contributed by atoms with Crippen molar-refractivity contribution in [2.75, 3.05) is 16.0 Å². The van der Waals surface area contributed by atoms with Crippen molar-refractivity contribution in [3.05, 3.63) is 349 Å². The lowest BCUT2D eigenvalue weighted by atomic mass is 9.89. The van der Waals surface area contributed by atoms with Gasteiger partial charge in [0.1, 0.15) is 11.4 Å². The van der Waals surface area contributed by atoms with Crippen molar-refractivity contribution in [2.45, 2.75) is 29.7 Å². The number of hydrogen-bond donors (Lipinski definition) is 7. The van der Waals surface area contributed by atoms with Crippen molar-refractivity contribution in [1.29, 1.82) is 0 Å². The molecule has 28 heteroatoms. The first kappa shape index (κ1) is 67.2. The monoisotopic (exact) mass is 1420 g/mol. The van der Waals surface area contributed by atoms with Gasteiger partial charge < -0.3 is 15.0 Å². The largest absolute Gasteiger partial charge is 0.324 e. The van der Waals surface area contributed by atoms with E-state index >= 15 is 9.59 Å². The molecule has 0 radical (unpaired) electrons. The number of rotatable bonds is 16. The number of amides is 3. The summed E-state index contributed by atoms with van der Waals surface area (Å²) in [7, 11) is 0. The van der Waals surface area contributed by atoms with Gasteiger partial charge in [-0.25, -0.2) is 29.9 Å². The van der Waals surface area contributed by atoms with E-state index in [4.69, 9.17) is 20.0 Å². The number of aromatic amines is 3. The summed E-state index contributed by atoms with van der Waals surface area (Å²) in [5.74, 6) is -0.151. The van der Waals surface area contributed by atoms with E-state index in [0.29, 0.717) is 52.0 Å². The molecular formula is C80H59N23O5. The van der Waals surface area contributed by atoms with E-state index in [1.165, 1.54) is 24.5 Å². The minimum Gasteiger partial charge on any atom is -0.324 e. The molecule has 11 aromatic heterocycles. The second kappa shape index (κ2) is 29.2. The van der Waals surface area contributed by atoms with Gasteiger partial charge in [-0.2, -0.15) is 0 Å². The molecule has 3 amide bonds. The third kappa shape index (κ3) is 13.0. The Balaban J connectivity index is 0.000000164. The number of H-pyrrole nitrogens is 3. The molecule has 0 fully saturated rings. The molecule has 0 aliphatic carbocycles. The molecule has 108 heavy (non-hydrogen) atoms. The first-order valence-corrected chi connectivity index (χ1v) is 33.9. The van der Waals surface area contributed by atoms with Crippen LogP contribution in [0.5, 0.6) is 0 Å². The number of para-hydroxylation sites is 6. The number of aromatic nitrogens is 14. The molecular weight excluding hydrogens is 1360 g/mol. The molecule has 4 aromatic carbocycles. The Bertz CT molecular complexity index is 5410. The highest BCUT2D eigenvalue weighted by atomic mass is 16.2. The molecule has 0 saturated carbocycles. The van der Waals surface area contributed by atoms with Crippen molar-refractivity contribution >= 4 is 98.1 Å². The van der Waals surface area contributed by atoms with Crippen LogP contribution >= 0.6 is 0 Å². The first-order valence-electron chi connectivity index (χ1n) is 33.9. The number of imidazole rings is 3. The smallest absolute Gasteiger partial charge is 0.270 e. The van der Waals surface area contributed by atoms with Gasteiger partial charge >= 0.3 is 0 Å². The highest BCUT2D eigenvalue weighted by molar-refractivity contribution is 6.48. The van der Waals surface area contributed by atoms with Gasteiger partial charge in [0.2, 0.25) is 52.3 Å². The van der Waals surface area contributed by atoms with E-state index in [1.54, 1.807) is 144 Å². The summed E-state index contributed by atoms with van der Waals surface area (Å²) in [5.41, 5.74) is 4.91. The number of fused-ring (bicyclic) bond motifs is 3. The van der Waals surface area contributed by atoms with Crippen LogP contribution in [-0.4, -0.2) is 127 Å². The molecule has 0 atom stereocenters. The summed E-state index contributed by atoms with van der Waals surface area (Å²) in [5, 5.41) is 12.5. The lowest BCUT2D eigenvalue weighted by Crippen LogP contribution is -2.43. The molecule has 0 bridgehead atoms. The number of hydrogen-bond acceptors (Lipinski definition) is 22. The SMILES string of the molecule is O=C(C(=O)c1ccccn1)c1ccccn1.O=C1N(Cc2ccc(CN3C(=O)C(c4ccccn4)(c4ccccn4)N=C3Nc3nc4ccccc4[nH]3)cc2)C(Nc2nc3ccccc3[nH]2)=NC1(c1ccccn1)c1ccccn1.O=C1NC(Nc2nc3ccccc3[nH]2)=NC1(c1ccccn1)c1ccccn1. The number of carbonyl (C=O) groups is 5. The van der Waals surface area contributed by atoms with Gasteiger partial charge in [0.15, 0.2) is 0 Å². The van der Waals surface area contributed by atoms with Crippen molar-refractivity contribution in [2.24, 2.45) is 15.0 Å². The van der Waals surface area contributed by atoms with Crippen LogP contribution in [0, 0.1) is 0 Å². The maximum Gasteiger partial charge on any atom is 0.270 e. The van der Waals surface area contributed by atoms with E-state index in [1.807, 2.05) is 133 Å². The maximum atomic E-state index is 15.1. The van der Waals surface area contributed by atoms with Crippen molar-refractivity contribution in [3.63, 3.8) is 0 Å². The van der Waals surface area contributed by atoms with Crippen LogP contribution in [0.3, 0.4) is 0 Å². The zero-order valence-corrected chi connectivity index (χ0v) is 56.8. The molecule has 0 unspecified atom stereocenters. The number of carbonyl (C=O) groups excluding carboxylic acids is 5. The van der Waals surface area contributed by atoms with Crippen LogP contribution in [-0.2, 0) is 44.1 Å². The number of ketones is 2. The molecule has 15 aromatic rings. The third-order valence-electron chi connectivity index (χ3n) is 17.8. The van der Waals surface area contributed by atoms with Gasteiger partial charge in [-0.1, -0.05) is 109 Å². The molecule has 14 heterocycles. The average Bonchev–Trinajstić information content (AvgIpc) is 1.58. The van der Waals surface area contributed by atoms with Crippen LogP contribution in [0.1, 0.15) is 66.3 Å². The summed E-state index contributed by atoms with van der Waals surface area (Å²) in [6.45, 7) is 0.274. The molecule has 0 saturated heterocycles. The maximum absolute atomic E-state index is 15.1. The number of aliphatic imine (C=N–C) groups is 3. The van der Waals surface area contributed by atoms with E-state index in [2.05, 4.69) is 86.1 Å². The number of nitrogens with one attached hydrogen (secondary N) is 7. The summed E-state index contributed by atoms with van der Waals surface area (Å²) in [6.07, 6.45) is 12.8. The standard InChI is InChI=1S/C48H36N14O2.C20H15N7O.C12H8N2O2/c63-41-47(37-17-5-9-25-49-37,38-18-6-10-26-50-38)59-45(57-43-53-33-13-1-2-14-34(33)54-43)61(41)29-31-21-23-32(24-22-31)30-62-42(64)48(39-19-7-11-27-51-39,40-20-8-12-28-52-40)60-46(62)58-44-55-35-15-3-4-16-36(35)56-44;28-17-20(15-9-3-5-11-21-15,16-10-4-6-12-22-16)27-19(25-17)26-18-23-13-7-1-2-8-14(13)24-18;15-11(9-5-1-3-7-13-9)12(16)10-6-2-4-8-14-10/h1-28H,29-30H2,(H2,53,54,57,59)(H2,55,56,58,60);1-12H,(H3,23,24,25,26,27,28);1-8H. The molecule has 0 spiro atoms. The second-order valence-corrected chi connectivity index (χ2v) is 24.6. The van der Waals surface area contributed by atoms with Gasteiger partial charge in [0, 0.05) is 49.6 Å². The van der Waals surface area contributed by atoms with E-state index in [0.717, 1.165) is 44.2 Å². The topological polar surface area (TPSA) is 366 Å². The predicted octanol–water partition coefficient (Wildman–Crippen LogP) is 10.3. The van der Waals surface area contributed by atoms with E-state index in [-0.39, 0.29) is 60.1 Å². The molecule has 7 N–H and O–H groups in total. The Morgan fingerprint density at radius 3 is 0.926 bits per heavy atom. The van der Waals surface area contributed by atoms with Crippen LogP contribution in [0.2, 0.25) is 0 Å². The summed E-state index contributed by atoms with van der Waals surface area (Å²) < 4.78 is 0. The quantitative estimate of drug-likeness (QED) is 0.0349. The molecule has 3 aliphatic heterocycles. The highest BCUT2D eigenvalue weighted by Gasteiger charge is 2.56. The van der Waals surface area contributed by atoms with Gasteiger partial charge in [0.05, 0.1) is 80.4 Å². The van der Waals surface area contributed by atoms with Gasteiger partial charge in [-0.05, 0) is 145 Å². The molecule has 28 nitrogen and oxygen atoms in total. The van der Waals surface area contributed by atoms with Gasteiger partial charge in [-0.15, -0.1) is 0 Å². The minimum absolute atomic E-state index is 0.137. The molecule has 18 rings (SSSR count). The van der Waals surface area contributed by atoms with E-state index < -0.39 is 28.2 Å². The number of Topliss-reactive ketones (excluding diaryl/α,β-unsaturated/α-hetero) is 2. The third-order valence-corrected chi connectivity index (χ3v) is 17.8. The van der Waals surface area contributed by atoms with Crippen LogP contribution < -0.4 is 21.3 Å². The van der Waals surface area contributed by atoms with Crippen molar-refractivity contribution in [1.82, 2.24) is 84.9 Å². The Hall–Kier alpha value is -15.4. The number of pyridine rings is 8. The van der Waals surface area contributed by atoms with Crippen LogP contribution in [0.4, 0.5) is 17.8 Å². The number of benzene rings is 4. The van der Waals surface area contributed by atoms with Crippen molar-refractivity contribution in [3.8, 4) is 0 Å².